The van der Waals surface area contributed by atoms with E-state index in [2.05, 4.69) is 20.9 Å². The number of amides is 3. The molecule has 0 aliphatic heterocycles. The van der Waals surface area contributed by atoms with Gasteiger partial charge in [0.15, 0.2) is 0 Å². The molecule has 4 aromatic rings. The van der Waals surface area contributed by atoms with E-state index in [1.165, 1.54) is 6.92 Å². The molecule has 0 radical (unpaired) electrons. The van der Waals surface area contributed by atoms with Crippen LogP contribution in [0.4, 0.5) is 0 Å². The maximum Gasteiger partial charge on any atom is 0.244 e. The SMILES string of the molecule is CC(=O)N[C@H](Cc1c[nH]c2ccccc12)NC(=O)[C@@H](Cc1csc2ccccc12)NC(=O)C(C)(C)N. The van der Waals surface area contributed by atoms with E-state index >= 15 is 0 Å². The summed E-state index contributed by atoms with van der Waals surface area (Å²) in [6, 6.07) is 14.9. The number of para-hydroxylation sites is 1. The van der Waals surface area contributed by atoms with E-state index in [0.29, 0.717) is 6.42 Å². The summed E-state index contributed by atoms with van der Waals surface area (Å²) in [4.78, 5) is 41.5. The predicted molar refractivity (Wildman–Crippen MR) is 143 cm³/mol. The molecule has 3 amide bonds. The lowest BCUT2D eigenvalue weighted by Crippen LogP contribution is -2.59. The molecular formula is C27H31N5O3S. The zero-order chi connectivity index (χ0) is 25.9. The highest BCUT2D eigenvalue weighted by atomic mass is 32.1. The Hall–Kier alpha value is -3.69. The third-order valence-corrected chi connectivity index (χ3v) is 7.00. The highest BCUT2D eigenvalue weighted by Crippen LogP contribution is 2.27. The van der Waals surface area contributed by atoms with Crippen molar-refractivity contribution in [2.45, 2.75) is 51.4 Å². The van der Waals surface area contributed by atoms with E-state index in [1.807, 2.05) is 60.1 Å². The summed E-state index contributed by atoms with van der Waals surface area (Å²) in [6.07, 6.45) is 1.87. The van der Waals surface area contributed by atoms with Crippen molar-refractivity contribution in [3.63, 3.8) is 0 Å². The van der Waals surface area contributed by atoms with Crippen molar-refractivity contribution < 1.29 is 14.4 Å². The number of thiophene rings is 1. The van der Waals surface area contributed by atoms with Crippen LogP contribution < -0.4 is 21.7 Å². The Morgan fingerprint density at radius 2 is 1.64 bits per heavy atom. The molecular weight excluding hydrogens is 474 g/mol. The third-order valence-electron chi connectivity index (χ3n) is 5.99. The van der Waals surface area contributed by atoms with Gasteiger partial charge in [-0.05, 0) is 47.9 Å². The van der Waals surface area contributed by atoms with Crippen molar-refractivity contribution in [1.82, 2.24) is 20.9 Å². The number of aromatic nitrogens is 1. The van der Waals surface area contributed by atoms with E-state index in [4.69, 9.17) is 5.73 Å². The lowest BCUT2D eigenvalue weighted by Gasteiger charge is -2.26. The minimum Gasteiger partial charge on any atom is -0.361 e. The van der Waals surface area contributed by atoms with Crippen LogP contribution in [-0.2, 0) is 27.2 Å². The Morgan fingerprint density at radius 1 is 0.944 bits per heavy atom. The molecule has 2 aromatic carbocycles. The first-order valence-corrected chi connectivity index (χ1v) is 12.7. The van der Waals surface area contributed by atoms with Gasteiger partial charge in [-0.2, -0.15) is 0 Å². The number of H-pyrrole nitrogens is 1. The molecule has 0 saturated heterocycles. The van der Waals surface area contributed by atoms with E-state index in [0.717, 1.165) is 32.1 Å². The predicted octanol–water partition coefficient (Wildman–Crippen LogP) is 2.97. The van der Waals surface area contributed by atoms with Crippen LogP contribution in [0.5, 0.6) is 0 Å². The van der Waals surface area contributed by atoms with Crippen LogP contribution in [0.1, 0.15) is 31.9 Å². The quantitative estimate of drug-likeness (QED) is 0.224. The zero-order valence-corrected chi connectivity index (χ0v) is 21.4. The van der Waals surface area contributed by atoms with E-state index in [-0.39, 0.29) is 12.3 Å². The van der Waals surface area contributed by atoms with E-state index in [9.17, 15) is 14.4 Å². The molecule has 0 spiro atoms. The van der Waals surface area contributed by atoms with Crippen molar-refractivity contribution in [3.8, 4) is 0 Å². The molecule has 188 valence electrons. The topological polar surface area (TPSA) is 129 Å². The van der Waals surface area contributed by atoms with Gasteiger partial charge in [0.2, 0.25) is 17.7 Å². The number of aromatic amines is 1. The standard InChI is InChI=1S/C27H31N5O3S/c1-16(33)30-24(13-17-14-29-21-10-6-4-8-19(17)21)32-25(34)22(31-26(35)27(2,3)28)12-18-15-36-23-11-7-5-9-20(18)23/h4-11,14-15,22,24,29H,12-13,28H2,1-3H3,(H,30,33)(H,31,35)(H,32,34)/t22-,24+/m1/s1. The van der Waals surface area contributed by atoms with Gasteiger partial charge in [0.05, 0.1) is 5.54 Å². The van der Waals surface area contributed by atoms with Crippen molar-refractivity contribution in [1.29, 1.82) is 0 Å². The van der Waals surface area contributed by atoms with Crippen molar-refractivity contribution in [3.05, 3.63) is 71.2 Å². The van der Waals surface area contributed by atoms with Gasteiger partial charge in [-0.1, -0.05) is 36.4 Å². The number of hydrogen-bond donors (Lipinski definition) is 5. The van der Waals surface area contributed by atoms with Crippen LogP contribution in [0.25, 0.3) is 21.0 Å². The maximum absolute atomic E-state index is 13.5. The summed E-state index contributed by atoms with van der Waals surface area (Å²) in [5.74, 6) is -1.11. The summed E-state index contributed by atoms with van der Waals surface area (Å²) in [5.41, 5.74) is 7.73. The molecule has 0 aliphatic rings. The summed E-state index contributed by atoms with van der Waals surface area (Å²) in [7, 11) is 0. The number of carbonyl (C=O) groups is 3. The molecule has 4 rings (SSSR count). The van der Waals surface area contributed by atoms with Gasteiger partial charge in [-0.25, -0.2) is 0 Å². The number of hydrogen-bond acceptors (Lipinski definition) is 5. The molecule has 0 bridgehead atoms. The first-order chi connectivity index (χ1) is 17.1. The van der Waals surface area contributed by atoms with Crippen molar-refractivity contribution >= 4 is 50.0 Å². The summed E-state index contributed by atoms with van der Waals surface area (Å²) < 4.78 is 1.10. The van der Waals surface area contributed by atoms with Crippen molar-refractivity contribution in [2.24, 2.45) is 5.73 Å². The van der Waals surface area contributed by atoms with Gasteiger partial charge in [0, 0.05) is 41.6 Å². The van der Waals surface area contributed by atoms with Crippen LogP contribution in [0.2, 0.25) is 0 Å². The molecule has 0 aliphatic carbocycles. The Balaban J connectivity index is 1.58. The summed E-state index contributed by atoms with van der Waals surface area (Å²) in [6.45, 7) is 4.59. The largest absolute Gasteiger partial charge is 0.361 e. The number of nitrogens with one attached hydrogen (secondary N) is 4. The molecule has 0 fully saturated rings. The first kappa shape index (κ1) is 25.4. The third kappa shape index (κ3) is 5.92. The number of rotatable bonds is 9. The number of fused-ring (bicyclic) bond motifs is 2. The normalized spacial score (nSPS) is 13.3. The summed E-state index contributed by atoms with van der Waals surface area (Å²) in [5, 5.41) is 12.6. The second kappa shape index (κ2) is 10.5. The second-order valence-electron chi connectivity index (χ2n) is 9.53. The Morgan fingerprint density at radius 3 is 2.36 bits per heavy atom. The molecule has 6 N–H and O–H groups in total. The Labute approximate surface area is 213 Å². The summed E-state index contributed by atoms with van der Waals surface area (Å²) >= 11 is 1.59. The van der Waals surface area contributed by atoms with Crippen LogP contribution in [0, 0.1) is 0 Å². The fourth-order valence-electron chi connectivity index (χ4n) is 4.14. The molecule has 9 heteroatoms. The van der Waals surface area contributed by atoms with Crippen LogP contribution >= 0.6 is 11.3 Å². The highest BCUT2D eigenvalue weighted by Gasteiger charge is 2.30. The molecule has 2 aromatic heterocycles. The van der Waals surface area contributed by atoms with Crippen LogP contribution in [0.15, 0.2) is 60.1 Å². The maximum atomic E-state index is 13.5. The lowest BCUT2D eigenvalue weighted by molar-refractivity contribution is -0.132. The number of benzene rings is 2. The Bertz CT molecular complexity index is 1400. The molecule has 0 saturated carbocycles. The lowest BCUT2D eigenvalue weighted by atomic mass is 10.0. The van der Waals surface area contributed by atoms with Crippen LogP contribution in [-0.4, -0.2) is 40.5 Å². The number of nitrogens with two attached hydrogens (primary N) is 1. The van der Waals surface area contributed by atoms with E-state index < -0.39 is 29.6 Å². The molecule has 0 unspecified atom stereocenters. The van der Waals surface area contributed by atoms with Gasteiger partial charge in [-0.3, -0.25) is 14.4 Å². The monoisotopic (exact) mass is 505 g/mol. The molecule has 2 atom stereocenters. The second-order valence-corrected chi connectivity index (χ2v) is 10.4. The highest BCUT2D eigenvalue weighted by molar-refractivity contribution is 7.17. The minimum atomic E-state index is -1.16. The fraction of sp³-hybridized carbons (Fsp3) is 0.296. The number of carbonyl (C=O) groups excluding carboxylic acids is 3. The molecule has 2 heterocycles. The minimum absolute atomic E-state index is 0.271. The van der Waals surface area contributed by atoms with Gasteiger partial charge in [0.1, 0.15) is 12.2 Å². The van der Waals surface area contributed by atoms with Crippen molar-refractivity contribution in [2.75, 3.05) is 0 Å². The van der Waals surface area contributed by atoms with Crippen LogP contribution in [0.3, 0.4) is 0 Å². The Kier molecular flexibility index (Phi) is 7.42. The fourth-order valence-corrected chi connectivity index (χ4v) is 5.12. The van der Waals surface area contributed by atoms with Gasteiger partial charge in [-0.15, -0.1) is 11.3 Å². The van der Waals surface area contributed by atoms with Gasteiger partial charge in [0.25, 0.3) is 0 Å². The average Bonchev–Trinajstić information content (AvgIpc) is 3.42. The first-order valence-electron chi connectivity index (χ1n) is 11.8. The van der Waals surface area contributed by atoms with E-state index in [1.54, 1.807) is 25.2 Å². The van der Waals surface area contributed by atoms with Gasteiger partial charge < -0.3 is 26.7 Å². The molecule has 36 heavy (non-hydrogen) atoms. The zero-order valence-electron chi connectivity index (χ0n) is 20.6. The smallest absolute Gasteiger partial charge is 0.244 e. The average molecular weight is 506 g/mol. The van der Waals surface area contributed by atoms with Gasteiger partial charge >= 0.3 is 0 Å². The molecule has 8 nitrogen and oxygen atoms in total.